The summed E-state index contributed by atoms with van der Waals surface area (Å²) in [5.41, 5.74) is 1.54. The normalized spacial score (nSPS) is 18.6. The first-order valence-corrected chi connectivity index (χ1v) is 12.1. The Morgan fingerprint density at radius 3 is 2.64 bits per heavy atom. The number of hydrogen-bond donors (Lipinski definition) is 1. The molecule has 1 unspecified atom stereocenters. The van der Waals surface area contributed by atoms with Crippen LogP contribution in [0.5, 0.6) is 0 Å². The maximum Gasteiger partial charge on any atom is 0.416 e. The van der Waals surface area contributed by atoms with E-state index < -0.39 is 11.7 Å². The molecular weight excluding hydrogens is 471 g/mol. The van der Waals surface area contributed by atoms with Crippen LogP contribution < -0.4 is 10.2 Å². The topological polar surface area (TPSA) is 44.8 Å². The maximum absolute atomic E-state index is 13.0. The molecule has 0 bridgehead atoms. The van der Waals surface area contributed by atoms with Crippen LogP contribution in [0.3, 0.4) is 0 Å². The molecule has 1 fully saturated rings. The Bertz CT molecular complexity index is 1050. The number of thiocarbonyl (C=S) groups is 1. The van der Waals surface area contributed by atoms with Crippen molar-refractivity contribution >= 4 is 45.3 Å². The summed E-state index contributed by atoms with van der Waals surface area (Å²) in [6.07, 6.45) is -1.54. The van der Waals surface area contributed by atoms with Crippen molar-refractivity contribution in [3.63, 3.8) is 0 Å². The number of nitrogens with one attached hydrogen (secondary N) is 1. The molecule has 2 aliphatic rings. The number of nitrogens with zero attached hydrogens (tertiary/aromatic N) is 2. The van der Waals surface area contributed by atoms with E-state index in [0.717, 1.165) is 30.9 Å². The van der Waals surface area contributed by atoms with Crippen molar-refractivity contribution in [1.82, 2.24) is 4.90 Å². The zero-order valence-electron chi connectivity index (χ0n) is 18.5. The number of benzene rings is 1. The number of carbonyl (C=O) groups is 1. The number of anilines is 2. The quantitative estimate of drug-likeness (QED) is 0.465. The number of halogens is 3. The molecule has 1 atom stereocenters. The first-order valence-electron chi connectivity index (χ1n) is 10.9. The largest absolute Gasteiger partial charge is 0.465 e. The predicted octanol–water partition coefficient (Wildman–Crippen LogP) is 5.20. The van der Waals surface area contributed by atoms with Gasteiger partial charge in [0.25, 0.3) is 0 Å². The highest BCUT2D eigenvalue weighted by atomic mass is 32.1. The number of piperazine rings is 1. The highest BCUT2D eigenvalue weighted by molar-refractivity contribution is 7.80. The molecule has 2 aromatic rings. The second-order valence-corrected chi connectivity index (χ2v) is 9.99. The molecule has 178 valence electrons. The van der Waals surface area contributed by atoms with Crippen molar-refractivity contribution in [2.75, 3.05) is 43.5 Å². The Balaban J connectivity index is 1.44. The van der Waals surface area contributed by atoms with E-state index in [1.54, 1.807) is 17.4 Å². The van der Waals surface area contributed by atoms with Crippen LogP contribution in [0.1, 0.15) is 39.7 Å². The lowest BCUT2D eigenvalue weighted by Gasteiger charge is -2.37. The predicted molar refractivity (Wildman–Crippen MR) is 128 cm³/mol. The summed E-state index contributed by atoms with van der Waals surface area (Å²) in [5, 5.41) is 4.48. The summed E-state index contributed by atoms with van der Waals surface area (Å²) >= 11 is 7.19. The Morgan fingerprint density at radius 1 is 1.24 bits per heavy atom. The van der Waals surface area contributed by atoms with Crippen molar-refractivity contribution < 1.29 is 22.7 Å². The lowest BCUT2D eigenvalue weighted by molar-refractivity contribution is -0.137. The van der Waals surface area contributed by atoms with E-state index in [4.69, 9.17) is 17.0 Å². The fourth-order valence-electron chi connectivity index (χ4n) is 4.38. The van der Waals surface area contributed by atoms with E-state index in [1.807, 2.05) is 9.80 Å². The number of alkyl halides is 3. The van der Waals surface area contributed by atoms with Crippen molar-refractivity contribution in [2.45, 2.75) is 32.4 Å². The van der Waals surface area contributed by atoms with Gasteiger partial charge in [0.15, 0.2) is 5.11 Å². The number of hydrogen-bond acceptors (Lipinski definition) is 5. The van der Waals surface area contributed by atoms with E-state index in [2.05, 4.69) is 12.2 Å². The number of rotatable bonds is 3. The number of carbonyl (C=O) groups excluding carboxylic acids is 1. The van der Waals surface area contributed by atoms with Gasteiger partial charge in [0, 0.05) is 36.7 Å². The number of fused-ring (bicyclic) bond motifs is 1. The molecule has 0 saturated carbocycles. The Labute approximate surface area is 200 Å². The van der Waals surface area contributed by atoms with E-state index in [9.17, 15) is 18.0 Å². The lowest BCUT2D eigenvalue weighted by Crippen LogP contribution is -2.50. The Kier molecular flexibility index (Phi) is 6.86. The molecule has 2 heterocycles. The average molecular weight is 498 g/mol. The van der Waals surface area contributed by atoms with Crippen LogP contribution in [-0.4, -0.2) is 49.3 Å². The Morgan fingerprint density at radius 2 is 1.97 bits per heavy atom. The van der Waals surface area contributed by atoms with Crippen LogP contribution in [0.4, 0.5) is 23.9 Å². The van der Waals surface area contributed by atoms with Gasteiger partial charge in [-0.1, -0.05) is 13.0 Å². The second-order valence-electron chi connectivity index (χ2n) is 8.50. The maximum atomic E-state index is 13.0. The standard InChI is InChI=1S/C23H26F3N3O2S2/c1-14-6-7-17-18(12-14)33-20(19(17)21(30)31-2)27-22(32)29-10-8-28(9-11-29)16-5-3-4-15(13-16)23(24,25)26/h3-5,13-14H,6-12H2,1-2H3,(H,27,32). The molecular formula is C23H26F3N3O2S2. The summed E-state index contributed by atoms with van der Waals surface area (Å²) in [6, 6.07) is 5.40. The summed E-state index contributed by atoms with van der Waals surface area (Å²) in [7, 11) is 1.38. The summed E-state index contributed by atoms with van der Waals surface area (Å²) in [5.74, 6) is 0.215. The minimum absolute atomic E-state index is 0.360. The van der Waals surface area contributed by atoms with Gasteiger partial charge in [0.2, 0.25) is 0 Å². The van der Waals surface area contributed by atoms with Gasteiger partial charge in [-0.05, 0) is 61.2 Å². The first kappa shape index (κ1) is 23.8. The van der Waals surface area contributed by atoms with Crippen molar-refractivity contribution in [2.24, 2.45) is 5.92 Å². The summed E-state index contributed by atoms with van der Waals surface area (Å²) in [6.45, 7) is 4.44. The monoisotopic (exact) mass is 497 g/mol. The van der Waals surface area contributed by atoms with Crippen LogP contribution in [0, 0.1) is 5.92 Å². The zero-order chi connectivity index (χ0) is 23.8. The van der Waals surface area contributed by atoms with Crippen molar-refractivity contribution in [3.05, 3.63) is 45.8 Å². The molecule has 1 aliphatic carbocycles. The minimum Gasteiger partial charge on any atom is -0.465 e. The first-order chi connectivity index (χ1) is 15.7. The van der Waals surface area contributed by atoms with Gasteiger partial charge in [-0.15, -0.1) is 11.3 Å². The van der Waals surface area contributed by atoms with Gasteiger partial charge in [0.1, 0.15) is 5.00 Å². The van der Waals surface area contributed by atoms with E-state index in [1.165, 1.54) is 24.1 Å². The van der Waals surface area contributed by atoms with E-state index in [0.29, 0.717) is 53.5 Å². The molecule has 0 amide bonds. The van der Waals surface area contributed by atoms with E-state index in [-0.39, 0.29) is 5.97 Å². The highest BCUT2D eigenvalue weighted by Gasteiger charge is 2.32. The van der Waals surface area contributed by atoms with Crippen LogP contribution in [-0.2, 0) is 23.8 Å². The van der Waals surface area contributed by atoms with Gasteiger partial charge in [-0.3, -0.25) is 0 Å². The number of esters is 1. The summed E-state index contributed by atoms with van der Waals surface area (Å²) < 4.78 is 44.2. The summed E-state index contributed by atoms with van der Waals surface area (Å²) in [4.78, 5) is 17.6. The molecule has 4 rings (SSSR count). The SMILES string of the molecule is COC(=O)c1c(NC(=S)N2CCN(c3cccc(C(F)(F)F)c3)CC2)sc2c1CCC(C)C2. The zero-order valence-corrected chi connectivity index (χ0v) is 20.1. The third kappa shape index (κ3) is 5.11. The van der Waals surface area contributed by atoms with Gasteiger partial charge >= 0.3 is 12.1 Å². The molecule has 1 aliphatic heterocycles. The van der Waals surface area contributed by atoms with Gasteiger partial charge in [0.05, 0.1) is 18.2 Å². The molecule has 0 radical (unpaired) electrons. The Hall–Kier alpha value is -2.33. The minimum atomic E-state index is -4.36. The van der Waals surface area contributed by atoms with Crippen LogP contribution in [0.2, 0.25) is 0 Å². The third-order valence-corrected chi connectivity index (χ3v) is 7.76. The van der Waals surface area contributed by atoms with Gasteiger partial charge < -0.3 is 19.9 Å². The lowest BCUT2D eigenvalue weighted by atomic mass is 9.88. The average Bonchev–Trinajstić information content (AvgIpc) is 3.14. The molecule has 0 spiro atoms. The van der Waals surface area contributed by atoms with Crippen LogP contribution >= 0.6 is 23.6 Å². The fourth-order valence-corrected chi connectivity index (χ4v) is 6.13. The van der Waals surface area contributed by atoms with Gasteiger partial charge in [-0.2, -0.15) is 13.2 Å². The molecule has 1 aromatic carbocycles. The molecule has 5 nitrogen and oxygen atoms in total. The fraction of sp³-hybridized carbons (Fsp3) is 0.478. The third-order valence-electron chi connectivity index (χ3n) is 6.23. The molecule has 1 saturated heterocycles. The van der Waals surface area contributed by atoms with Crippen LogP contribution in [0.15, 0.2) is 24.3 Å². The number of thiophene rings is 1. The van der Waals surface area contributed by atoms with Crippen molar-refractivity contribution in [1.29, 1.82) is 0 Å². The number of ether oxygens (including phenoxy) is 1. The number of methoxy groups -OCH3 is 1. The van der Waals surface area contributed by atoms with E-state index >= 15 is 0 Å². The van der Waals surface area contributed by atoms with Gasteiger partial charge in [-0.25, -0.2) is 4.79 Å². The smallest absolute Gasteiger partial charge is 0.416 e. The second kappa shape index (κ2) is 9.50. The molecule has 1 aromatic heterocycles. The molecule has 33 heavy (non-hydrogen) atoms. The highest BCUT2D eigenvalue weighted by Crippen LogP contribution is 2.40. The van der Waals surface area contributed by atoms with Crippen LogP contribution in [0.25, 0.3) is 0 Å². The van der Waals surface area contributed by atoms with Crippen molar-refractivity contribution in [3.8, 4) is 0 Å². The molecule has 10 heteroatoms. The molecule has 1 N–H and O–H groups in total.